The Balaban J connectivity index is 1.61. The number of nitrogens with one attached hydrogen (secondary N) is 1. The van der Waals surface area contributed by atoms with Crippen LogP contribution in [0.25, 0.3) is 6.08 Å². The van der Waals surface area contributed by atoms with Crippen LogP contribution >= 0.6 is 0 Å². The molecule has 1 aliphatic heterocycles. The Morgan fingerprint density at radius 3 is 2.41 bits per heavy atom. The molecule has 1 fully saturated rings. The molecule has 7 nitrogen and oxygen atoms in total. The average Bonchev–Trinajstić information content (AvgIpc) is 2.92. The van der Waals surface area contributed by atoms with Gasteiger partial charge in [-0.3, -0.25) is 14.3 Å². The molecule has 0 saturated carbocycles. The van der Waals surface area contributed by atoms with E-state index >= 15 is 0 Å². The van der Waals surface area contributed by atoms with E-state index in [9.17, 15) is 9.59 Å². The van der Waals surface area contributed by atoms with Crippen molar-refractivity contribution >= 4 is 23.6 Å². The van der Waals surface area contributed by atoms with E-state index in [1.54, 1.807) is 39.9 Å². The molecule has 0 bridgehead atoms. The van der Waals surface area contributed by atoms with Crippen molar-refractivity contribution in [2.45, 2.75) is 13.8 Å². The summed E-state index contributed by atoms with van der Waals surface area (Å²) in [6.45, 7) is 6.23. The third kappa shape index (κ3) is 4.43. The molecule has 0 spiro atoms. The zero-order chi connectivity index (χ0) is 19.4. The minimum atomic E-state index is -0.232. The van der Waals surface area contributed by atoms with Crippen LogP contribution in [0.4, 0.5) is 5.69 Å². The maximum atomic E-state index is 12.4. The highest BCUT2D eigenvalue weighted by atomic mass is 16.5. The van der Waals surface area contributed by atoms with Gasteiger partial charge in [-0.05, 0) is 44.2 Å². The molecule has 0 aliphatic carbocycles. The fraction of sp³-hybridized carbons (Fsp3) is 0.350. The van der Waals surface area contributed by atoms with Crippen molar-refractivity contribution in [2.24, 2.45) is 7.05 Å². The Kier molecular flexibility index (Phi) is 5.71. The highest BCUT2D eigenvalue weighted by Crippen LogP contribution is 2.15. The maximum absolute atomic E-state index is 12.4. The van der Waals surface area contributed by atoms with E-state index in [-0.39, 0.29) is 11.8 Å². The first kappa shape index (κ1) is 18.8. The molecule has 3 rings (SSSR count). The van der Waals surface area contributed by atoms with Crippen LogP contribution in [-0.2, 0) is 16.6 Å². The molecule has 1 aromatic heterocycles. The number of hydrogen-bond acceptors (Lipinski definition) is 4. The summed E-state index contributed by atoms with van der Waals surface area (Å²) in [7, 11) is 1.87. The molecule has 2 heterocycles. The Bertz CT molecular complexity index is 862. The number of benzene rings is 1. The number of hydrogen-bond donors (Lipinski definition) is 1. The number of rotatable bonds is 4. The Hall–Kier alpha value is -2.93. The summed E-state index contributed by atoms with van der Waals surface area (Å²) >= 11 is 0. The molecule has 0 unspecified atom stereocenters. The van der Waals surface area contributed by atoms with Crippen molar-refractivity contribution in [1.29, 1.82) is 0 Å². The van der Waals surface area contributed by atoms with Gasteiger partial charge in [0.15, 0.2) is 0 Å². The lowest BCUT2D eigenvalue weighted by atomic mass is 10.1. The van der Waals surface area contributed by atoms with E-state index < -0.39 is 0 Å². The summed E-state index contributed by atoms with van der Waals surface area (Å²) in [6, 6.07) is 6.93. The highest BCUT2D eigenvalue weighted by molar-refractivity contribution is 6.02. The fourth-order valence-electron chi connectivity index (χ4n) is 3.02. The smallest absolute Gasteiger partial charge is 0.254 e. The topological polar surface area (TPSA) is 76.5 Å². The van der Waals surface area contributed by atoms with E-state index in [2.05, 4.69) is 10.4 Å². The van der Waals surface area contributed by atoms with Crippen LogP contribution in [0.1, 0.15) is 27.3 Å². The van der Waals surface area contributed by atoms with Crippen LogP contribution in [0.15, 0.2) is 30.3 Å². The van der Waals surface area contributed by atoms with Gasteiger partial charge in [0.05, 0.1) is 18.9 Å². The quantitative estimate of drug-likeness (QED) is 0.839. The van der Waals surface area contributed by atoms with Gasteiger partial charge < -0.3 is 15.0 Å². The lowest BCUT2D eigenvalue weighted by molar-refractivity contribution is -0.111. The lowest BCUT2D eigenvalue weighted by Crippen LogP contribution is -2.40. The normalized spacial score (nSPS) is 14.6. The van der Waals surface area contributed by atoms with E-state index in [0.717, 1.165) is 17.0 Å². The summed E-state index contributed by atoms with van der Waals surface area (Å²) in [5.74, 6) is -0.247. The second kappa shape index (κ2) is 8.18. The number of morpholine rings is 1. The van der Waals surface area contributed by atoms with Gasteiger partial charge in [0.1, 0.15) is 0 Å². The number of ether oxygens (including phenoxy) is 1. The van der Waals surface area contributed by atoms with Crippen molar-refractivity contribution in [3.8, 4) is 0 Å². The van der Waals surface area contributed by atoms with Gasteiger partial charge in [0.2, 0.25) is 5.91 Å². The molecule has 2 amide bonds. The van der Waals surface area contributed by atoms with Crippen LogP contribution in [0, 0.1) is 13.8 Å². The van der Waals surface area contributed by atoms with Crippen molar-refractivity contribution in [3.63, 3.8) is 0 Å². The van der Waals surface area contributed by atoms with Gasteiger partial charge in [-0.1, -0.05) is 0 Å². The summed E-state index contributed by atoms with van der Waals surface area (Å²) in [5.41, 5.74) is 4.07. The number of amides is 2. The molecule has 1 aliphatic rings. The van der Waals surface area contributed by atoms with Crippen LogP contribution in [-0.4, -0.2) is 52.8 Å². The van der Waals surface area contributed by atoms with Crippen molar-refractivity contribution < 1.29 is 14.3 Å². The molecule has 1 aromatic carbocycles. The van der Waals surface area contributed by atoms with Gasteiger partial charge in [-0.15, -0.1) is 0 Å². The van der Waals surface area contributed by atoms with Gasteiger partial charge in [-0.2, -0.15) is 5.10 Å². The Morgan fingerprint density at radius 1 is 1.15 bits per heavy atom. The van der Waals surface area contributed by atoms with Crippen LogP contribution in [0.2, 0.25) is 0 Å². The van der Waals surface area contributed by atoms with Crippen LogP contribution in [0.5, 0.6) is 0 Å². The van der Waals surface area contributed by atoms with Gasteiger partial charge >= 0.3 is 0 Å². The third-order valence-electron chi connectivity index (χ3n) is 4.66. The summed E-state index contributed by atoms with van der Waals surface area (Å²) in [4.78, 5) is 26.4. The molecule has 0 atom stereocenters. The maximum Gasteiger partial charge on any atom is 0.254 e. The number of carbonyl (C=O) groups excluding carboxylic acids is 2. The van der Waals surface area contributed by atoms with E-state index in [0.29, 0.717) is 37.6 Å². The van der Waals surface area contributed by atoms with E-state index in [4.69, 9.17) is 4.74 Å². The van der Waals surface area contributed by atoms with Crippen LogP contribution in [0.3, 0.4) is 0 Å². The van der Waals surface area contributed by atoms with Gasteiger partial charge in [0.25, 0.3) is 5.91 Å². The van der Waals surface area contributed by atoms with E-state index in [1.807, 2.05) is 20.9 Å². The number of aryl methyl sites for hydroxylation is 2. The van der Waals surface area contributed by atoms with Gasteiger partial charge in [-0.25, -0.2) is 0 Å². The predicted octanol–water partition coefficient (Wildman–Crippen LogP) is 2.16. The number of anilines is 1. The van der Waals surface area contributed by atoms with E-state index in [1.165, 1.54) is 6.08 Å². The Labute approximate surface area is 158 Å². The second-order valence-electron chi connectivity index (χ2n) is 6.51. The molecule has 142 valence electrons. The molecule has 27 heavy (non-hydrogen) atoms. The average molecular weight is 368 g/mol. The first-order chi connectivity index (χ1) is 13.0. The molecule has 2 aromatic rings. The molecular formula is C20H24N4O3. The van der Waals surface area contributed by atoms with Crippen LogP contribution < -0.4 is 5.32 Å². The first-order valence-electron chi connectivity index (χ1n) is 8.92. The zero-order valence-electron chi connectivity index (χ0n) is 15.9. The SMILES string of the molecule is Cc1nn(C)c(C)c1/C=C/C(=O)Nc1ccc(C(=O)N2CCOCC2)cc1. The molecular weight excluding hydrogens is 344 g/mol. The molecule has 1 saturated heterocycles. The second-order valence-corrected chi connectivity index (χ2v) is 6.51. The first-order valence-corrected chi connectivity index (χ1v) is 8.92. The fourth-order valence-corrected chi connectivity index (χ4v) is 3.02. The third-order valence-corrected chi connectivity index (χ3v) is 4.66. The van der Waals surface area contributed by atoms with Gasteiger partial charge in [0, 0.05) is 48.7 Å². The monoisotopic (exact) mass is 368 g/mol. The minimum absolute atomic E-state index is 0.0152. The summed E-state index contributed by atoms with van der Waals surface area (Å²) in [6.07, 6.45) is 3.26. The van der Waals surface area contributed by atoms with Crippen molar-refractivity contribution in [2.75, 3.05) is 31.6 Å². The summed E-state index contributed by atoms with van der Waals surface area (Å²) < 4.78 is 7.06. The molecule has 7 heteroatoms. The van der Waals surface area contributed by atoms with Crippen molar-refractivity contribution in [1.82, 2.24) is 14.7 Å². The standard InChI is InChI=1S/C20H24N4O3/c1-14-18(15(2)23(3)22-14)8-9-19(25)21-17-6-4-16(5-7-17)20(26)24-10-12-27-13-11-24/h4-9H,10-13H2,1-3H3,(H,21,25)/b9-8+. The summed E-state index contributed by atoms with van der Waals surface area (Å²) in [5, 5.41) is 7.13. The predicted molar refractivity (Wildman–Crippen MR) is 104 cm³/mol. The highest BCUT2D eigenvalue weighted by Gasteiger charge is 2.18. The number of aromatic nitrogens is 2. The zero-order valence-corrected chi connectivity index (χ0v) is 15.9. The number of carbonyl (C=O) groups is 2. The largest absolute Gasteiger partial charge is 0.378 e. The molecule has 0 radical (unpaired) electrons. The Morgan fingerprint density at radius 2 is 1.81 bits per heavy atom. The molecule has 1 N–H and O–H groups in total. The van der Waals surface area contributed by atoms with Crippen molar-refractivity contribution in [3.05, 3.63) is 52.9 Å². The number of nitrogens with zero attached hydrogens (tertiary/aromatic N) is 3. The minimum Gasteiger partial charge on any atom is -0.378 e. The lowest BCUT2D eigenvalue weighted by Gasteiger charge is -2.26.